The van der Waals surface area contributed by atoms with Crippen LogP contribution in [0.1, 0.15) is 20.3 Å². The second kappa shape index (κ2) is 9.34. The fourth-order valence-electron chi connectivity index (χ4n) is 2.67. The number of hydrogen-bond acceptors (Lipinski definition) is 0. The predicted molar refractivity (Wildman–Crippen MR) is 101 cm³/mol. The first-order valence-electron chi connectivity index (χ1n) is 7.95. The van der Waals surface area contributed by atoms with Gasteiger partial charge in [-0.05, 0) is 41.7 Å². The van der Waals surface area contributed by atoms with Crippen molar-refractivity contribution in [2.75, 3.05) is 24.6 Å². The molecule has 2 unspecified atom stereocenters. The maximum Gasteiger partial charge on any atom is -0.0240 e. The van der Waals surface area contributed by atoms with E-state index in [0.29, 0.717) is 0 Å². The van der Waals surface area contributed by atoms with E-state index in [1.165, 1.54) is 31.1 Å². The minimum atomic E-state index is 0.0522. The van der Waals surface area contributed by atoms with Gasteiger partial charge in [0, 0.05) is 0 Å². The third-order valence-corrected chi connectivity index (χ3v) is 9.16. The number of hydrogen-bond donors (Lipinski definition) is 0. The first-order chi connectivity index (χ1) is 10.3. The Bertz CT molecular complexity index is 448. The fraction of sp³-hybridized carbons (Fsp3) is 0.368. The summed E-state index contributed by atoms with van der Waals surface area (Å²) in [5, 5.41) is 3.16. The average molecular weight is 316 g/mol. The van der Waals surface area contributed by atoms with Crippen molar-refractivity contribution < 1.29 is 0 Å². The Balaban J connectivity index is 1.87. The predicted octanol–water partition coefficient (Wildman–Crippen LogP) is 5.03. The zero-order chi connectivity index (χ0) is 14.9. The van der Waals surface area contributed by atoms with Gasteiger partial charge in [0.1, 0.15) is 0 Å². The van der Waals surface area contributed by atoms with Gasteiger partial charge in [0.25, 0.3) is 0 Å². The van der Waals surface area contributed by atoms with E-state index in [4.69, 9.17) is 0 Å². The largest absolute Gasteiger partial charge is 0.0756 e. The Hall–Kier alpha value is -0.700. The summed E-state index contributed by atoms with van der Waals surface area (Å²) >= 11 is 0. The lowest BCUT2D eigenvalue weighted by Crippen LogP contribution is -2.08. The molecule has 2 rings (SSSR count). The van der Waals surface area contributed by atoms with Crippen molar-refractivity contribution in [3.8, 4) is 0 Å². The van der Waals surface area contributed by atoms with Crippen LogP contribution in [0, 0.1) is 0 Å². The Morgan fingerprint density at radius 2 is 1.00 bits per heavy atom. The third kappa shape index (κ3) is 5.21. The summed E-state index contributed by atoms with van der Waals surface area (Å²) in [5.41, 5.74) is 0. The molecule has 0 N–H and O–H groups in total. The molecular formula is C19H26P2. The van der Waals surface area contributed by atoms with Gasteiger partial charge in [0.05, 0.1) is 0 Å². The first kappa shape index (κ1) is 16.7. The summed E-state index contributed by atoms with van der Waals surface area (Å²) in [6, 6.07) is 22.2. The minimum absolute atomic E-state index is 0.0522. The van der Waals surface area contributed by atoms with Gasteiger partial charge >= 0.3 is 0 Å². The van der Waals surface area contributed by atoms with Crippen molar-refractivity contribution in [2.45, 2.75) is 20.3 Å². The first-order valence-corrected chi connectivity index (χ1v) is 11.4. The lowest BCUT2D eigenvalue weighted by molar-refractivity contribution is 1.10. The molecular weight excluding hydrogens is 290 g/mol. The van der Waals surface area contributed by atoms with E-state index in [0.717, 1.165) is 0 Å². The number of rotatable bonds is 8. The van der Waals surface area contributed by atoms with Crippen LogP contribution in [0.15, 0.2) is 60.7 Å². The highest BCUT2D eigenvalue weighted by Gasteiger charge is 2.11. The maximum absolute atomic E-state index is 2.35. The average Bonchev–Trinajstić information content (AvgIpc) is 2.57. The van der Waals surface area contributed by atoms with Gasteiger partial charge in [-0.3, -0.25) is 0 Å². The molecule has 0 saturated carbocycles. The lowest BCUT2D eigenvalue weighted by Gasteiger charge is -2.19. The molecule has 2 aromatic carbocycles. The van der Waals surface area contributed by atoms with Crippen molar-refractivity contribution in [3.63, 3.8) is 0 Å². The van der Waals surface area contributed by atoms with Crippen LogP contribution in [-0.2, 0) is 0 Å². The lowest BCUT2D eigenvalue weighted by atomic mass is 10.4. The molecule has 0 saturated heterocycles. The van der Waals surface area contributed by atoms with Crippen LogP contribution >= 0.6 is 15.8 Å². The highest BCUT2D eigenvalue weighted by atomic mass is 31.1. The topological polar surface area (TPSA) is 0 Å². The van der Waals surface area contributed by atoms with E-state index >= 15 is 0 Å². The molecule has 0 bridgehead atoms. The van der Waals surface area contributed by atoms with Crippen LogP contribution in [-0.4, -0.2) is 24.6 Å². The molecule has 0 heterocycles. The van der Waals surface area contributed by atoms with Crippen LogP contribution in [0.2, 0.25) is 0 Å². The highest BCUT2D eigenvalue weighted by molar-refractivity contribution is 7.66. The molecule has 2 aromatic rings. The molecule has 0 radical (unpaired) electrons. The van der Waals surface area contributed by atoms with Crippen molar-refractivity contribution in [1.29, 1.82) is 0 Å². The summed E-state index contributed by atoms with van der Waals surface area (Å²) in [4.78, 5) is 0. The quantitative estimate of drug-likeness (QED) is 0.599. The van der Waals surface area contributed by atoms with Crippen molar-refractivity contribution in [2.24, 2.45) is 0 Å². The molecule has 0 amide bonds. The Labute approximate surface area is 132 Å². The van der Waals surface area contributed by atoms with Crippen LogP contribution in [0.5, 0.6) is 0 Å². The molecule has 0 fully saturated rings. The van der Waals surface area contributed by atoms with Gasteiger partial charge in [-0.1, -0.05) is 90.4 Å². The SMILES string of the molecule is CCP(CCCP(CC)c1ccccc1)c1ccccc1. The zero-order valence-corrected chi connectivity index (χ0v) is 15.0. The van der Waals surface area contributed by atoms with Crippen molar-refractivity contribution in [1.82, 2.24) is 0 Å². The monoisotopic (exact) mass is 316 g/mol. The molecule has 0 nitrogen and oxygen atoms in total. The van der Waals surface area contributed by atoms with Crippen molar-refractivity contribution in [3.05, 3.63) is 60.7 Å². The molecule has 0 aliphatic carbocycles. The van der Waals surface area contributed by atoms with Gasteiger partial charge in [-0.2, -0.15) is 0 Å². The van der Waals surface area contributed by atoms with Crippen LogP contribution < -0.4 is 10.6 Å². The Morgan fingerprint density at radius 3 is 1.33 bits per heavy atom. The Kier molecular flexibility index (Phi) is 7.42. The molecule has 0 aliphatic rings. The van der Waals surface area contributed by atoms with Gasteiger partial charge in [0.15, 0.2) is 0 Å². The maximum atomic E-state index is 2.35. The molecule has 2 atom stereocenters. The summed E-state index contributed by atoms with van der Waals surface area (Å²) in [6.45, 7) is 4.69. The Morgan fingerprint density at radius 1 is 0.619 bits per heavy atom. The molecule has 0 aromatic heterocycles. The van der Waals surface area contributed by atoms with Gasteiger partial charge in [-0.25, -0.2) is 0 Å². The molecule has 0 aliphatic heterocycles. The summed E-state index contributed by atoms with van der Waals surface area (Å²) in [6.07, 6.45) is 6.79. The molecule has 0 spiro atoms. The summed E-state index contributed by atoms with van der Waals surface area (Å²) in [7, 11) is 0.104. The van der Waals surface area contributed by atoms with E-state index in [1.807, 2.05) is 0 Å². The zero-order valence-electron chi connectivity index (χ0n) is 13.2. The molecule has 112 valence electrons. The summed E-state index contributed by atoms with van der Waals surface area (Å²) in [5.74, 6) is 0. The standard InChI is InChI=1S/C19H26P2/c1-3-20(18-12-7-5-8-13-18)16-11-17-21(4-2)19-14-9-6-10-15-19/h5-10,12-15H,3-4,11,16-17H2,1-2H3. The smallest absolute Gasteiger partial charge is 0.0240 e. The van der Waals surface area contributed by atoms with E-state index in [9.17, 15) is 0 Å². The van der Waals surface area contributed by atoms with E-state index in [-0.39, 0.29) is 15.8 Å². The van der Waals surface area contributed by atoms with Crippen LogP contribution in [0.4, 0.5) is 0 Å². The van der Waals surface area contributed by atoms with Crippen LogP contribution in [0.3, 0.4) is 0 Å². The van der Waals surface area contributed by atoms with Gasteiger partial charge in [-0.15, -0.1) is 0 Å². The van der Waals surface area contributed by atoms with Gasteiger partial charge in [0.2, 0.25) is 0 Å². The van der Waals surface area contributed by atoms with E-state index in [2.05, 4.69) is 74.5 Å². The minimum Gasteiger partial charge on any atom is -0.0756 e. The second-order valence-electron chi connectivity index (χ2n) is 5.18. The molecule has 2 heteroatoms. The number of benzene rings is 2. The normalized spacial score (nSPS) is 13.8. The second-order valence-corrected chi connectivity index (χ2v) is 10.5. The summed E-state index contributed by atoms with van der Waals surface area (Å²) < 4.78 is 0. The fourth-order valence-corrected chi connectivity index (χ4v) is 7.07. The third-order valence-electron chi connectivity index (χ3n) is 3.86. The van der Waals surface area contributed by atoms with Gasteiger partial charge < -0.3 is 0 Å². The van der Waals surface area contributed by atoms with E-state index < -0.39 is 0 Å². The molecule has 21 heavy (non-hydrogen) atoms. The van der Waals surface area contributed by atoms with Crippen LogP contribution in [0.25, 0.3) is 0 Å². The van der Waals surface area contributed by atoms with E-state index in [1.54, 1.807) is 10.6 Å². The highest BCUT2D eigenvalue weighted by Crippen LogP contribution is 2.39. The van der Waals surface area contributed by atoms with Crippen molar-refractivity contribution >= 4 is 26.5 Å².